The quantitative estimate of drug-likeness (QED) is 0.839. The normalized spacial score (nSPS) is 17.6. The number of hydrogen-bond acceptors (Lipinski definition) is 3. The number of imidazole rings is 1. The van der Waals surface area contributed by atoms with E-state index in [0.717, 1.165) is 22.8 Å². The topological polar surface area (TPSA) is 44.8 Å². The second kappa shape index (κ2) is 5.19. The van der Waals surface area contributed by atoms with Crippen molar-refractivity contribution in [2.24, 2.45) is 0 Å². The molecule has 1 fully saturated rings. The third kappa shape index (κ3) is 2.57. The third-order valence-electron chi connectivity index (χ3n) is 4.05. The molecule has 3 rings (SSSR count). The summed E-state index contributed by atoms with van der Waals surface area (Å²) in [7, 11) is 4.01. The van der Waals surface area contributed by atoms with Gasteiger partial charge in [-0.05, 0) is 25.0 Å². The maximum atomic E-state index is 4.73. The Bertz CT molecular complexity index is 550. The van der Waals surface area contributed by atoms with Crippen LogP contribution in [-0.4, -0.2) is 29.0 Å². The lowest BCUT2D eigenvalue weighted by Crippen LogP contribution is -2.10. The molecule has 1 aliphatic rings. The fraction of sp³-hybridized carbons (Fsp3) is 0.600. The summed E-state index contributed by atoms with van der Waals surface area (Å²) in [6.45, 7) is 0. The monoisotopic (exact) mass is 258 g/mol. The van der Waals surface area contributed by atoms with Crippen molar-refractivity contribution in [3.63, 3.8) is 0 Å². The van der Waals surface area contributed by atoms with Crippen molar-refractivity contribution >= 4 is 17.0 Å². The Morgan fingerprint density at radius 3 is 2.47 bits per heavy atom. The number of rotatable bonds is 2. The van der Waals surface area contributed by atoms with Crippen LogP contribution in [0.1, 0.15) is 50.3 Å². The van der Waals surface area contributed by atoms with Crippen LogP contribution >= 0.6 is 0 Å². The molecule has 0 aromatic carbocycles. The molecule has 1 aliphatic carbocycles. The van der Waals surface area contributed by atoms with Crippen molar-refractivity contribution in [3.05, 3.63) is 18.0 Å². The number of nitrogens with one attached hydrogen (secondary N) is 1. The molecule has 0 bridgehead atoms. The van der Waals surface area contributed by atoms with Gasteiger partial charge in [-0.15, -0.1) is 0 Å². The van der Waals surface area contributed by atoms with Crippen LogP contribution in [0.15, 0.2) is 12.1 Å². The molecule has 2 aromatic rings. The highest BCUT2D eigenvalue weighted by Crippen LogP contribution is 2.31. The molecular formula is C15H22N4. The molecule has 0 unspecified atom stereocenters. The van der Waals surface area contributed by atoms with E-state index in [9.17, 15) is 0 Å². The van der Waals surface area contributed by atoms with E-state index < -0.39 is 0 Å². The Morgan fingerprint density at radius 2 is 1.79 bits per heavy atom. The van der Waals surface area contributed by atoms with E-state index in [2.05, 4.69) is 16.0 Å². The molecule has 4 heteroatoms. The SMILES string of the molecule is CN(C)c1ccc2[nH]c(C3CCCCCC3)nc2n1. The summed E-state index contributed by atoms with van der Waals surface area (Å²) in [5.41, 5.74) is 1.91. The largest absolute Gasteiger partial charge is 0.363 e. The molecule has 1 N–H and O–H groups in total. The number of nitrogens with zero attached hydrogens (tertiary/aromatic N) is 3. The summed E-state index contributed by atoms with van der Waals surface area (Å²) < 4.78 is 0. The van der Waals surface area contributed by atoms with E-state index in [1.807, 2.05) is 25.1 Å². The molecule has 2 aromatic heterocycles. The maximum absolute atomic E-state index is 4.73. The van der Waals surface area contributed by atoms with Gasteiger partial charge in [0.05, 0.1) is 5.52 Å². The summed E-state index contributed by atoms with van der Waals surface area (Å²) in [5, 5.41) is 0. The lowest BCUT2D eigenvalue weighted by atomic mass is 10.00. The van der Waals surface area contributed by atoms with Crippen LogP contribution in [0, 0.1) is 0 Å². The first kappa shape index (κ1) is 12.5. The zero-order chi connectivity index (χ0) is 13.2. The van der Waals surface area contributed by atoms with Gasteiger partial charge in [0.25, 0.3) is 0 Å². The summed E-state index contributed by atoms with van der Waals surface area (Å²) in [6, 6.07) is 4.13. The van der Waals surface area contributed by atoms with Crippen LogP contribution in [0.5, 0.6) is 0 Å². The predicted molar refractivity (Wildman–Crippen MR) is 78.7 cm³/mol. The first-order valence-corrected chi connectivity index (χ1v) is 7.28. The van der Waals surface area contributed by atoms with Crippen LogP contribution in [0.25, 0.3) is 11.2 Å². The summed E-state index contributed by atoms with van der Waals surface area (Å²) in [5.74, 6) is 2.70. The van der Waals surface area contributed by atoms with Crippen molar-refractivity contribution in [1.29, 1.82) is 0 Å². The van der Waals surface area contributed by atoms with Crippen molar-refractivity contribution in [3.8, 4) is 0 Å². The van der Waals surface area contributed by atoms with Gasteiger partial charge in [-0.2, -0.15) is 0 Å². The minimum absolute atomic E-state index is 0.597. The molecular weight excluding hydrogens is 236 g/mol. The van der Waals surface area contributed by atoms with Crippen LogP contribution in [0.4, 0.5) is 5.82 Å². The number of anilines is 1. The number of fused-ring (bicyclic) bond motifs is 1. The predicted octanol–water partition coefficient (Wildman–Crippen LogP) is 3.46. The van der Waals surface area contributed by atoms with Crippen LogP contribution < -0.4 is 4.90 Å². The second-order valence-electron chi connectivity index (χ2n) is 5.75. The Labute approximate surface area is 114 Å². The summed E-state index contributed by atoms with van der Waals surface area (Å²) in [4.78, 5) is 14.8. The highest BCUT2D eigenvalue weighted by molar-refractivity contribution is 5.73. The lowest BCUT2D eigenvalue weighted by molar-refractivity contribution is 0.567. The van der Waals surface area contributed by atoms with Gasteiger partial charge in [0.2, 0.25) is 0 Å². The minimum Gasteiger partial charge on any atom is -0.363 e. The van der Waals surface area contributed by atoms with Gasteiger partial charge in [0, 0.05) is 20.0 Å². The average Bonchev–Trinajstić information content (AvgIpc) is 2.64. The number of aromatic nitrogens is 3. The standard InChI is InChI=1S/C15H22N4/c1-19(2)13-10-9-12-15(17-13)18-14(16-12)11-7-5-3-4-6-8-11/h9-11H,3-8H2,1-2H3,(H,16,17,18). The van der Waals surface area contributed by atoms with E-state index in [1.165, 1.54) is 38.5 Å². The number of hydrogen-bond donors (Lipinski definition) is 1. The van der Waals surface area contributed by atoms with E-state index in [-0.39, 0.29) is 0 Å². The zero-order valence-electron chi connectivity index (χ0n) is 11.8. The number of pyridine rings is 1. The number of H-pyrrole nitrogens is 1. The van der Waals surface area contributed by atoms with E-state index in [0.29, 0.717) is 5.92 Å². The van der Waals surface area contributed by atoms with Gasteiger partial charge in [0.1, 0.15) is 11.6 Å². The Morgan fingerprint density at radius 1 is 1.05 bits per heavy atom. The Kier molecular flexibility index (Phi) is 3.40. The fourth-order valence-electron chi connectivity index (χ4n) is 2.90. The van der Waals surface area contributed by atoms with Gasteiger partial charge >= 0.3 is 0 Å². The van der Waals surface area contributed by atoms with Gasteiger partial charge < -0.3 is 9.88 Å². The molecule has 102 valence electrons. The average molecular weight is 258 g/mol. The van der Waals surface area contributed by atoms with Gasteiger partial charge in [-0.25, -0.2) is 9.97 Å². The molecule has 19 heavy (non-hydrogen) atoms. The van der Waals surface area contributed by atoms with E-state index >= 15 is 0 Å². The summed E-state index contributed by atoms with van der Waals surface area (Å²) >= 11 is 0. The number of aromatic amines is 1. The zero-order valence-corrected chi connectivity index (χ0v) is 11.8. The van der Waals surface area contributed by atoms with E-state index in [4.69, 9.17) is 4.98 Å². The molecule has 0 aliphatic heterocycles. The minimum atomic E-state index is 0.597. The molecule has 0 atom stereocenters. The maximum Gasteiger partial charge on any atom is 0.179 e. The Balaban J connectivity index is 1.92. The van der Waals surface area contributed by atoms with Crippen molar-refractivity contribution in [2.75, 3.05) is 19.0 Å². The van der Waals surface area contributed by atoms with Crippen molar-refractivity contribution < 1.29 is 0 Å². The van der Waals surface area contributed by atoms with Gasteiger partial charge in [-0.3, -0.25) is 0 Å². The van der Waals surface area contributed by atoms with E-state index in [1.54, 1.807) is 0 Å². The molecule has 0 amide bonds. The van der Waals surface area contributed by atoms with Crippen LogP contribution in [-0.2, 0) is 0 Å². The molecule has 2 heterocycles. The molecule has 0 radical (unpaired) electrons. The first-order chi connectivity index (χ1) is 9.24. The third-order valence-corrected chi connectivity index (χ3v) is 4.05. The van der Waals surface area contributed by atoms with Crippen LogP contribution in [0.2, 0.25) is 0 Å². The van der Waals surface area contributed by atoms with Crippen LogP contribution in [0.3, 0.4) is 0 Å². The van der Waals surface area contributed by atoms with Crippen molar-refractivity contribution in [2.45, 2.75) is 44.4 Å². The summed E-state index contributed by atoms with van der Waals surface area (Å²) in [6.07, 6.45) is 7.94. The first-order valence-electron chi connectivity index (χ1n) is 7.28. The molecule has 1 saturated carbocycles. The molecule has 0 spiro atoms. The Hall–Kier alpha value is -1.58. The smallest absolute Gasteiger partial charge is 0.179 e. The second-order valence-corrected chi connectivity index (χ2v) is 5.75. The van der Waals surface area contributed by atoms with Gasteiger partial charge in [-0.1, -0.05) is 25.7 Å². The molecule has 0 saturated heterocycles. The highest BCUT2D eigenvalue weighted by atomic mass is 15.1. The van der Waals surface area contributed by atoms with Gasteiger partial charge in [0.15, 0.2) is 5.65 Å². The molecule has 4 nitrogen and oxygen atoms in total. The van der Waals surface area contributed by atoms with Crippen molar-refractivity contribution in [1.82, 2.24) is 15.0 Å². The lowest BCUT2D eigenvalue weighted by Gasteiger charge is -2.09. The highest BCUT2D eigenvalue weighted by Gasteiger charge is 2.18. The fourth-order valence-corrected chi connectivity index (χ4v) is 2.90.